The summed E-state index contributed by atoms with van der Waals surface area (Å²) in [6.45, 7) is 9.51. The van der Waals surface area contributed by atoms with Gasteiger partial charge in [-0.25, -0.2) is 0 Å². The summed E-state index contributed by atoms with van der Waals surface area (Å²) in [7, 11) is 0. The number of rotatable bonds is 13. The molecule has 47 heavy (non-hydrogen) atoms. The molecule has 3 aliphatic heterocycles. The van der Waals surface area contributed by atoms with Gasteiger partial charge in [-0.1, -0.05) is 53.3 Å². The number of ether oxygens (including phenoxy) is 4. The van der Waals surface area contributed by atoms with Crippen LogP contribution in [-0.4, -0.2) is 100 Å². The smallest absolute Gasteiger partial charge is 0.303 e. The third-order valence-corrected chi connectivity index (χ3v) is 10.0. The number of allylic oxidation sites excluding steroid dienone is 2. The summed E-state index contributed by atoms with van der Waals surface area (Å²) in [6.07, 6.45) is 9.85. The van der Waals surface area contributed by atoms with Crippen LogP contribution in [0, 0.1) is 5.92 Å². The summed E-state index contributed by atoms with van der Waals surface area (Å²) >= 11 is 2.03. The molecular weight excluding hydrogens is 721 g/mol. The fraction of sp³-hybridized carbons (Fsp3) is 0.706. The van der Waals surface area contributed by atoms with Crippen LogP contribution in [0.3, 0.4) is 0 Å². The molecule has 0 radical (unpaired) electrons. The first kappa shape index (κ1) is 37.5. The van der Waals surface area contributed by atoms with Crippen LogP contribution in [0.25, 0.3) is 0 Å². The number of aliphatic hydroxyl groups excluding tert-OH is 1. The second-order valence-electron chi connectivity index (χ2n) is 13.5. The van der Waals surface area contributed by atoms with E-state index < -0.39 is 29.9 Å². The number of halogens is 1. The second-order valence-corrected chi connectivity index (χ2v) is 14.3. The predicted octanol–water partition coefficient (Wildman–Crippen LogP) is 2.56. The van der Waals surface area contributed by atoms with Crippen LogP contribution >= 0.6 is 22.6 Å². The van der Waals surface area contributed by atoms with E-state index in [-0.39, 0.29) is 66.5 Å². The Bertz CT molecular complexity index is 1230. The number of nitrogens with one attached hydrogen (secondary N) is 3. The number of amides is 3. The molecular formula is C34H50IN3O9. The largest absolute Gasteiger partial charge is 0.459 e. The van der Waals surface area contributed by atoms with Crippen molar-refractivity contribution in [2.45, 2.75) is 133 Å². The molecule has 3 saturated heterocycles. The van der Waals surface area contributed by atoms with Gasteiger partial charge < -0.3 is 40.0 Å². The van der Waals surface area contributed by atoms with E-state index in [1.165, 1.54) is 13.0 Å². The zero-order valence-corrected chi connectivity index (χ0v) is 30.1. The van der Waals surface area contributed by atoms with Crippen LogP contribution < -0.4 is 16.0 Å². The fourth-order valence-corrected chi connectivity index (χ4v) is 6.72. The third-order valence-electron chi connectivity index (χ3n) is 9.33. The van der Waals surface area contributed by atoms with E-state index in [0.29, 0.717) is 23.9 Å². The Kier molecular flexibility index (Phi) is 13.4. The molecule has 0 aromatic rings. The molecule has 0 aromatic heterocycles. The first-order valence-electron chi connectivity index (χ1n) is 16.6. The molecule has 9 atom stereocenters. The highest BCUT2D eigenvalue weighted by Gasteiger charge is 2.58. The van der Waals surface area contributed by atoms with E-state index in [0.717, 1.165) is 24.8 Å². The van der Waals surface area contributed by atoms with Crippen LogP contribution in [-0.2, 0) is 38.1 Å². The Balaban J connectivity index is 1.23. The highest BCUT2D eigenvalue weighted by molar-refractivity contribution is 14.1. The lowest BCUT2D eigenvalue weighted by atomic mass is 9.85. The SMILES string of the molecule is CC(=O)O[C@@H](C)C=CC(=O)N[C@@H]1C[C@H](C)[C@H](CC=C(C)C=C[C@H]2O[C@H](CC(=O)NC3CC(NC(=O)CI)C3)C[C@@]3(CO3)[C@@H]2O)O[C@@H]1C. The molecule has 4 fully saturated rings. The van der Waals surface area contributed by atoms with Gasteiger partial charge in [0.1, 0.15) is 23.9 Å². The molecule has 4 rings (SSSR count). The summed E-state index contributed by atoms with van der Waals surface area (Å²) < 4.78 is 23.6. The quantitative estimate of drug-likeness (QED) is 0.0551. The number of epoxide rings is 1. The lowest BCUT2D eigenvalue weighted by molar-refractivity contribution is -0.146. The second kappa shape index (κ2) is 16.9. The number of esters is 1. The first-order valence-corrected chi connectivity index (χ1v) is 18.1. The number of alkyl halides is 1. The van der Waals surface area contributed by atoms with E-state index >= 15 is 0 Å². The third kappa shape index (κ3) is 11.1. The van der Waals surface area contributed by atoms with Crippen molar-refractivity contribution in [3.63, 3.8) is 0 Å². The normalized spacial score (nSPS) is 36.1. The molecule has 3 heterocycles. The van der Waals surface area contributed by atoms with Gasteiger partial charge in [0.05, 0.1) is 41.8 Å². The Morgan fingerprint density at radius 3 is 2.34 bits per heavy atom. The monoisotopic (exact) mass is 771 g/mol. The summed E-state index contributed by atoms with van der Waals surface area (Å²) in [5.74, 6) is -0.545. The van der Waals surface area contributed by atoms with Gasteiger partial charge in [-0.15, -0.1) is 0 Å². The lowest BCUT2D eigenvalue weighted by Gasteiger charge is -2.39. The molecule has 1 saturated carbocycles. The molecule has 4 N–H and O–H groups in total. The summed E-state index contributed by atoms with van der Waals surface area (Å²) in [5.41, 5.74) is 0.317. The minimum Gasteiger partial charge on any atom is -0.459 e. The number of aliphatic hydroxyl groups is 1. The van der Waals surface area contributed by atoms with Gasteiger partial charge >= 0.3 is 5.97 Å². The van der Waals surface area contributed by atoms with Crippen molar-refractivity contribution in [2.75, 3.05) is 11.0 Å². The van der Waals surface area contributed by atoms with Crippen molar-refractivity contribution in [1.29, 1.82) is 0 Å². The van der Waals surface area contributed by atoms with E-state index in [4.69, 9.17) is 18.9 Å². The van der Waals surface area contributed by atoms with Crippen LogP contribution in [0.5, 0.6) is 0 Å². The fourth-order valence-electron chi connectivity index (χ4n) is 6.50. The maximum absolute atomic E-state index is 12.8. The van der Waals surface area contributed by atoms with Crippen LogP contribution in [0.4, 0.5) is 0 Å². The Morgan fingerprint density at radius 2 is 1.70 bits per heavy atom. The minimum absolute atomic E-state index is 0.00968. The topological polar surface area (TPSA) is 165 Å². The average molecular weight is 772 g/mol. The maximum atomic E-state index is 12.8. The van der Waals surface area contributed by atoms with Gasteiger partial charge in [0.15, 0.2) is 0 Å². The van der Waals surface area contributed by atoms with Crippen molar-refractivity contribution in [1.82, 2.24) is 16.0 Å². The molecule has 0 bridgehead atoms. The minimum atomic E-state index is -0.825. The molecule has 12 nitrogen and oxygen atoms in total. The zero-order chi connectivity index (χ0) is 34.3. The average Bonchev–Trinajstić information content (AvgIpc) is 3.76. The number of carbonyl (C=O) groups excluding carboxylic acids is 4. The van der Waals surface area contributed by atoms with Crippen molar-refractivity contribution >= 4 is 46.3 Å². The van der Waals surface area contributed by atoms with Crippen LogP contribution in [0.15, 0.2) is 36.0 Å². The number of carbonyl (C=O) groups is 4. The molecule has 13 heteroatoms. The van der Waals surface area contributed by atoms with Crippen LogP contribution in [0.2, 0.25) is 0 Å². The Morgan fingerprint density at radius 1 is 1.02 bits per heavy atom. The van der Waals surface area contributed by atoms with Gasteiger partial charge in [0.25, 0.3) is 0 Å². The van der Waals surface area contributed by atoms with Gasteiger partial charge in [-0.2, -0.15) is 0 Å². The summed E-state index contributed by atoms with van der Waals surface area (Å²) in [6, 6.07) is 0.0143. The Hall–Kier alpha value is -2.33. The van der Waals surface area contributed by atoms with Crippen molar-refractivity contribution in [3.8, 4) is 0 Å². The lowest BCUT2D eigenvalue weighted by Crippen LogP contribution is -2.55. The summed E-state index contributed by atoms with van der Waals surface area (Å²) in [4.78, 5) is 47.8. The standard InChI is InChI=1S/C34H50IN3O9/c1-19(6-9-28-20(2)12-27(22(4)46-28)38-30(40)11-8-21(3)45-23(5)39)7-10-29-33(43)34(18-44-34)16-26(47-29)15-31(41)36-24-13-25(14-24)37-32(42)17-35/h6-8,10-11,20-22,24-29,33,43H,9,12-18H2,1-5H3,(H,36,41)(H,37,42)(H,38,40)/t20-,21-,22+,24?,25?,26+,27+,28-,29+,33+,34+/m0/s1. The highest BCUT2D eigenvalue weighted by Crippen LogP contribution is 2.43. The Labute approximate surface area is 290 Å². The van der Waals surface area contributed by atoms with Gasteiger partial charge in [0.2, 0.25) is 17.7 Å². The van der Waals surface area contributed by atoms with E-state index in [2.05, 4.69) is 29.0 Å². The van der Waals surface area contributed by atoms with Crippen molar-refractivity contribution in [2.24, 2.45) is 5.92 Å². The maximum Gasteiger partial charge on any atom is 0.303 e. The molecule has 3 amide bonds. The molecule has 1 aliphatic carbocycles. The molecule has 0 aromatic carbocycles. The number of hydrogen-bond acceptors (Lipinski definition) is 9. The van der Waals surface area contributed by atoms with Gasteiger partial charge in [-0.05, 0) is 58.4 Å². The highest BCUT2D eigenvalue weighted by atomic mass is 127. The predicted molar refractivity (Wildman–Crippen MR) is 182 cm³/mol. The molecule has 4 aliphatic rings. The van der Waals surface area contributed by atoms with Crippen molar-refractivity contribution < 1.29 is 43.2 Å². The van der Waals surface area contributed by atoms with E-state index in [1.54, 1.807) is 13.0 Å². The zero-order valence-electron chi connectivity index (χ0n) is 27.9. The van der Waals surface area contributed by atoms with E-state index in [9.17, 15) is 24.3 Å². The first-order chi connectivity index (χ1) is 22.3. The van der Waals surface area contributed by atoms with E-state index in [1.807, 2.05) is 48.6 Å². The van der Waals surface area contributed by atoms with Gasteiger partial charge in [0, 0.05) is 31.5 Å². The van der Waals surface area contributed by atoms with Crippen molar-refractivity contribution in [3.05, 3.63) is 36.0 Å². The molecule has 0 unspecified atom stereocenters. The number of hydrogen-bond donors (Lipinski definition) is 4. The molecule has 1 spiro atoms. The van der Waals surface area contributed by atoms with Crippen LogP contribution in [0.1, 0.15) is 73.1 Å². The van der Waals surface area contributed by atoms with Gasteiger partial charge in [-0.3, -0.25) is 19.2 Å². The summed E-state index contributed by atoms with van der Waals surface area (Å²) in [5, 5.41) is 20.0. The molecule has 262 valence electrons.